The molecule has 1 heterocycles. The highest BCUT2D eigenvalue weighted by atomic mass is 16.5. The van der Waals surface area contributed by atoms with E-state index in [0.717, 1.165) is 31.6 Å². The van der Waals surface area contributed by atoms with Crippen molar-refractivity contribution >= 4 is 5.91 Å². The Labute approximate surface area is 114 Å². The molecule has 1 fully saturated rings. The third-order valence-corrected chi connectivity index (χ3v) is 3.08. The number of amides is 1. The smallest absolute Gasteiger partial charge is 0.251 e. The molecule has 1 aliphatic heterocycles. The zero-order chi connectivity index (χ0) is 13.5. The second-order valence-corrected chi connectivity index (χ2v) is 4.72. The highest BCUT2D eigenvalue weighted by molar-refractivity contribution is 5.94. The summed E-state index contributed by atoms with van der Waals surface area (Å²) < 4.78 is 11.0. The van der Waals surface area contributed by atoms with E-state index < -0.39 is 0 Å². The van der Waals surface area contributed by atoms with Crippen LogP contribution in [0.2, 0.25) is 0 Å². The molecule has 0 saturated carbocycles. The molecule has 1 saturated heterocycles. The lowest BCUT2D eigenvalue weighted by atomic mass is 10.2. The summed E-state index contributed by atoms with van der Waals surface area (Å²) in [7, 11) is 0. The van der Waals surface area contributed by atoms with Gasteiger partial charge in [-0.15, -0.1) is 0 Å². The van der Waals surface area contributed by atoms with Crippen LogP contribution in [0.25, 0.3) is 0 Å². The number of nitrogens with one attached hydrogen (secondary N) is 1. The minimum Gasteiger partial charge on any atom is -0.494 e. The molecule has 4 heteroatoms. The van der Waals surface area contributed by atoms with Crippen LogP contribution in [0.4, 0.5) is 0 Å². The maximum Gasteiger partial charge on any atom is 0.251 e. The van der Waals surface area contributed by atoms with Gasteiger partial charge in [0.2, 0.25) is 0 Å². The molecule has 1 aliphatic rings. The summed E-state index contributed by atoms with van der Waals surface area (Å²) in [6.07, 6.45) is 3.24. The summed E-state index contributed by atoms with van der Waals surface area (Å²) in [6, 6.07) is 7.28. The minimum atomic E-state index is -0.0718. The molecule has 4 nitrogen and oxygen atoms in total. The summed E-state index contributed by atoms with van der Waals surface area (Å²) in [5, 5.41) is 2.90. The van der Waals surface area contributed by atoms with Crippen molar-refractivity contribution < 1.29 is 14.3 Å². The van der Waals surface area contributed by atoms with E-state index in [9.17, 15) is 4.79 Å². The van der Waals surface area contributed by atoms with Crippen LogP contribution in [0.15, 0.2) is 24.3 Å². The Hall–Kier alpha value is -1.55. The van der Waals surface area contributed by atoms with E-state index in [-0.39, 0.29) is 12.0 Å². The molecule has 104 valence electrons. The summed E-state index contributed by atoms with van der Waals surface area (Å²) in [5.41, 5.74) is 0.631. The first-order valence-corrected chi connectivity index (χ1v) is 6.92. The average molecular weight is 263 g/mol. The lowest BCUT2D eigenvalue weighted by molar-refractivity contribution is 0.0857. The Kier molecular flexibility index (Phi) is 5.21. The fraction of sp³-hybridized carbons (Fsp3) is 0.533. The average Bonchev–Trinajstić information content (AvgIpc) is 2.96. The largest absolute Gasteiger partial charge is 0.494 e. The molecule has 0 aliphatic carbocycles. The Bertz CT molecular complexity index is 414. The van der Waals surface area contributed by atoms with Crippen molar-refractivity contribution in [2.45, 2.75) is 32.3 Å². The SMILES string of the molecule is CCCOc1cccc(C(=O)NC[C@H]2CCCO2)c1. The second-order valence-electron chi connectivity index (χ2n) is 4.72. The molecular formula is C15H21NO3. The van der Waals surface area contributed by atoms with Gasteiger partial charge in [0.05, 0.1) is 12.7 Å². The fourth-order valence-electron chi connectivity index (χ4n) is 2.06. The molecule has 1 amide bonds. The Morgan fingerprint density at radius 1 is 1.53 bits per heavy atom. The molecule has 1 aromatic rings. The van der Waals surface area contributed by atoms with Crippen LogP contribution < -0.4 is 10.1 Å². The van der Waals surface area contributed by atoms with Gasteiger partial charge in [0.25, 0.3) is 5.91 Å². The van der Waals surface area contributed by atoms with Crippen molar-refractivity contribution in [1.82, 2.24) is 5.32 Å². The highest BCUT2D eigenvalue weighted by Crippen LogP contribution is 2.14. The molecule has 1 atom stereocenters. The Balaban J connectivity index is 1.86. The van der Waals surface area contributed by atoms with E-state index in [0.29, 0.717) is 18.7 Å². The van der Waals surface area contributed by atoms with Crippen molar-refractivity contribution in [3.05, 3.63) is 29.8 Å². The first-order chi connectivity index (χ1) is 9.29. The first-order valence-electron chi connectivity index (χ1n) is 6.92. The third-order valence-electron chi connectivity index (χ3n) is 3.08. The van der Waals surface area contributed by atoms with Crippen LogP contribution in [0.3, 0.4) is 0 Å². The summed E-state index contributed by atoms with van der Waals surface area (Å²) >= 11 is 0. The molecule has 0 bridgehead atoms. The molecule has 0 spiro atoms. The number of ether oxygens (including phenoxy) is 2. The van der Waals surface area contributed by atoms with Crippen LogP contribution >= 0.6 is 0 Å². The lowest BCUT2D eigenvalue weighted by Gasteiger charge is -2.11. The number of carbonyl (C=O) groups is 1. The van der Waals surface area contributed by atoms with Gasteiger partial charge in [0, 0.05) is 18.7 Å². The van der Waals surface area contributed by atoms with E-state index in [1.54, 1.807) is 12.1 Å². The normalized spacial score (nSPS) is 18.3. The predicted octanol–water partition coefficient (Wildman–Crippen LogP) is 2.38. The van der Waals surface area contributed by atoms with Gasteiger partial charge in [-0.2, -0.15) is 0 Å². The van der Waals surface area contributed by atoms with Gasteiger partial charge in [0.1, 0.15) is 5.75 Å². The quantitative estimate of drug-likeness (QED) is 0.857. The molecule has 1 N–H and O–H groups in total. The monoisotopic (exact) mass is 263 g/mol. The molecule has 2 rings (SSSR count). The van der Waals surface area contributed by atoms with E-state index in [1.807, 2.05) is 12.1 Å². The summed E-state index contributed by atoms with van der Waals surface area (Å²) in [5.74, 6) is 0.670. The number of benzene rings is 1. The third kappa shape index (κ3) is 4.24. The van der Waals surface area contributed by atoms with Gasteiger partial charge in [-0.25, -0.2) is 0 Å². The zero-order valence-corrected chi connectivity index (χ0v) is 11.4. The van der Waals surface area contributed by atoms with Gasteiger partial charge in [0.15, 0.2) is 0 Å². The van der Waals surface area contributed by atoms with E-state index >= 15 is 0 Å². The summed E-state index contributed by atoms with van der Waals surface area (Å²) in [4.78, 5) is 12.0. The molecule has 0 radical (unpaired) electrons. The van der Waals surface area contributed by atoms with Crippen LogP contribution in [-0.4, -0.2) is 31.8 Å². The van der Waals surface area contributed by atoms with E-state index in [1.165, 1.54) is 0 Å². The van der Waals surface area contributed by atoms with Gasteiger partial charge < -0.3 is 14.8 Å². The number of hydrogen-bond acceptors (Lipinski definition) is 3. The number of carbonyl (C=O) groups excluding carboxylic acids is 1. The molecular weight excluding hydrogens is 242 g/mol. The second kappa shape index (κ2) is 7.14. The van der Waals surface area contributed by atoms with Gasteiger partial charge >= 0.3 is 0 Å². The van der Waals surface area contributed by atoms with Crippen molar-refractivity contribution in [2.24, 2.45) is 0 Å². The van der Waals surface area contributed by atoms with Crippen LogP contribution in [0.5, 0.6) is 5.75 Å². The first kappa shape index (κ1) is 13.9. The van der Waals surface area contributed by atoms with E-state index in [4.69, 9.17) is 9.47 Å². The topological polar surface area (TPSA) is 47.6 Å². The molecule has 1 aromatic carbocycles. The molecule has 19 heavy (non-hydrogen) atoms. The Morgan fingerprint density at radius 2 is 2.42 bits per heavy atom. The number of hydrogen-bond donors (Lipinski definition) is 1. The van der Waals surface area contributed by atoms with Crippen molar-refractivity contribution in [2.75, 3.05) is 19.8 Å². The fourth-order valence-corrected chi connectivity index (χ4v) is 2.06. The molecule has 0 unspecified atom stereocenters. The Morgan fingerprint density at radius 3 is 3.16 bits per heavy atom. The van der Waals surface area contributed by atoms with Crippen LogP contribution in [0, 0.1) is 0 Å². The highest BCUT2D eigenvalue weighted by Gasteiger charge is 2.16. The van der Waals surface area contributed by atoms with Gasteiger partial charge in [-0.3, -0.25) is 4.79 Å². The zero-order valence-electron chi connectivity index (χ0n) is 11.4. The number of rotatable bonds is 6. The minimum absolute atomic E-state index is 0.0718. The van der Waals surface area contributed by atoms with Crippen molar-refractivity contribution in [3.63, 3.8) is 0 Å². The van der Waals surface area contributed by atoms with Gasteiger partial charge in [-0.1, -0.05) is 13.0 Å². The van der Waals surface area contributed by atoms with Crippen molar-refractivity contribution in [3.8, 4) is 5.75 Å². The standard InChI is InChI=1S/C15H21NO3/c1-2-8-18-13-6-3-5-12(10-13)15(17)16-11-14-7-4-9-19-14/h3,5-6,10,14H,2,4,7-9,11H2,1H3,(H,16,17)/t14-/m1/s1. The lowest BCUT2D eigenvalue weighted by Crippen LogP contribution is -2.31. The predicted molar refractivity (Wildman–Crippen MR) is 73.5 cm³/mol. The van der Waals surface area contributed by atoms with Gasteiger partial charge in [-0.05, 0) is 37.5 Å². The van der Waals surface area contributed by atoms with E-state index in [2.05, 4.69) is 12.2 Å². The van der Waals surface area contributed by atoms with Crippen molar-refractivity contribution in [1.29, 1.82) is 0 Å². The van der Waals surface area contributed by atoms with Crippen LogP contribution in [0.1, 0.15) is 36.5 Å². The summed E-state index contributed by atoms with van der Waals surface area (Å²) in [6.45, 7) is 4.11. The maximum atomic E-state index is 12.0. The van der Waals surface area contributed by atoms with Crippen LogP contribution in [-0.2, 0) is 4.74 Å². The maximum absolute atomic E-state index is 12.0. The molecule has 0 aromatic heterocycles.